The molecule has 2 heteroatoms. The van der Waals surface area contributed by atoms with Crippen LogP contribution in [0.25, 0.3) is 0 Å². The van der Waals surface area contributed by atoms with Crippen LogP contribution in [0.15, 0.2) is 12.2 Å². The van der Waals surface area contributed by atoms with Crippen molar-refractivity contribution in [1.82, 2.24) is 0 Å². The van der Waals surface area contributed by atoms with Crippen LogP contribution in [0.5, 0.6) is 0 Å². The van der Waals surface area contributed by atoms with Crippen molar-refractivity contribution in [3.8, 4) is 0 Å². The first-order chi connectivity index (χ1) is 6.70. The van der Waals surface area contributed by atoms with Gasteiger partial charge in [0.25, 0.3) is 0 Å². The van der Waals surface area contributed by atoms with Gasteiger partial charge < -0.3 is 5.11 Å². The number of rotatable bonds is 4. The Labute approximate surface area is 86.0 Å². The molecule has 0 unspecified atom stereocenters. The molecule has 0 saturated heterocycles. The van der Waals surface area contributed by atoms with E-state index in [1.54, 1.807) is 6.08 Å². The molecule has 1 N–H and O–H groups in total. The van der Waals surface area contributed by atoms with Crippen LogP contribution in [0.2, 0.25) is 0 Å². The summed E-state index contributed by atoms with van der Waals surface area (Å²) in [5.41, 5.74) is 0. The van der Waals surface area contributed by atoms with Gasteiger partial charge in [0.2, 0.25) is 0 Å². The first-order valence-corrected chi connectivity index (χ1v) is 5.59. The summed E-state index contributed by atoms with van der Waals surface area (Å²) in [4.78, 5) is 10.3. The quantitative estimate of drug-likeness (QED) is 0.701. The van der Waals surface area contributed by atoms with E-state index in [2.05, 4.69) is 6.92 Å². The molecule has 0 bridgehead atoms. The van der Waals surface area contributed by atoms with Crippen LogP contribution < -0.4 is 0 Å². The number of aliphatic carboxylic acids is 1. The van der Waals surface area contributed by atoms with Gasteiger partial charge in [-0.15, -0.1) is 0 Å². The zero-order chi connectivity index (χ0) is 10.4. The van der Waals surface area contributed by atoms with E-state index >= 15 is 0 Å². The number of carbonyl (C=O) groups is 1. The average molecular weight is 196 g/mol. The smallest absolute Gasteiger partial charge is 0.327 e. The molecule has 0 radical (unpaired) electrons. The van der Waals surface area contributed by atoms with Crippen molar-refractivity contribution in [3.63, 3.8) is 0 Å². The van der Waals surface area contributed by atoms with Gasteiger partial charge in [0.05, 0.1) is 0 Å². The summed E-state index contributed by atoms with van der Waals surface area (Å²) >= 11 is 0. The van der Waals surface area contributed by atoms with E-state index in [1.165, 1.54) is 38.2 Å². The Bertz CT molecular complexity index is 202. The van der Waals surface area contributed by atoms with Gasteiger partial charge in [0.15, 0.2) is 0 Å². The SMILES string of the molecule is C[C@H](CC=CC(=O)O)C1CCCCC1. The lowest BCUT2D eigenvalue weighted by Gasteiger charge is -2.26. The third-order valence-electron chi connectivity index (χ3n) is 3.22. The van der Waals surface area contributed by atoms with Crippen LogP contribution in [0.1, 0.15) is 45.4 Å². The van der Waals surface area contributed by atoms with E-state index in [0.29, 0.717) is 5.92 Å². The molecule has 0 aromatic heterocycles. The second-order valence-corrected chi connectivity index (χ2v) is 4.35. The first kappa shape index (κ1) is 11.3. The molecule has 80 valence electrons. The molecule has 0 aromatic carbocycles. The molecule has 1 aliphatic rings. The maximum absolute atomic E-state index is 10.3. The molecule has 0 spiro atoms. The molecular weight excluding hydrogens is 176 g/mol. The van der Waals surface area contributed by atoms with Crippen LogP contribution in [-0.4, -0.2) is 11.1 Å². The van der Waals surface area contributed by atoms with Crippen molar-refractivity contribution < 1.29 is 9.90 Å². The van der Waals surface area contributed by atoms with E-state index in [1.807, 2.05) is 0 Å². The zero-order valence-corrected chi connectivity index (χ0v) is 8.91. The van der Waals surface area contributed by atoms with E-state index in [-0.39, 0.29) is 0 Å². The average Bonchev–Trinajstić information content (AvgIpc) is 2.18. The van der Waals surface area contributed by atoms with Crippen molar-refractivity contribution in [1.29, 1.82) is 0 Å². The molecule has 1 rings (SSSR count). The summed E-state index contributed by atoms with van der Waals surface area (Å²) in [7, 11) is 0. The van der Waals surface area contributed by atoms with Crippen molar-refractivity contribution in [2.45, 2.75) is 45.4 Å². The highest BCUT2D eigenvalue weighted by atomic mass is 16.4. The number of hydrogen-bond donors (Lipinski definition) is 1. The minimum absolute atomic E-state index is 0.644. The Kier molecular flexibility index (Phi) is 4.71. The van der Waals surface area contributed by atoms with E-state index in [0.717, 1.165) is 12.3 Å². The van der Waals surface area contributed by atoms with E-state index in [4.69, 9.17) is 5.11 Å². The molecule has 1 aliphatic carbocycles. The fourth-order valence-corrected chi connectivity index (χ4v) is 2.28. The fourth-order valence-electron chi connectivity index (χ4n) is 2.28. The first-order valence-electron chi connectivity index (χ1n) is 5.59. The second kappa shape index (κ2) is 5.84. The molecule has 0 aliphatic heterocycles. The van der Waals surface area contributed by atoms with Crippen LogP contribution in [0.3, 0.4) is 0 Å². The normalized spacial score (nSPS) is 21.2. The van der Waals surface area contributed by atoms with Gasteiger partial charge in [-0.2, -0.15) is 0 Å². The van der Waals surface area contributed by atoms with Gasteiger partial charge in [0.1, 0.15) is 0 Å². The predicted molar refractivity (Wildman–Crippen MR) is 57.1 cm³/mol. The lowest BCUT2D eigenvalue weighted by atomic mass is 9.79. The Morgan fingerprint density at radius 3 is 2.64 bits per heavy atom. The van der Waals surface area contributed by atoms with Crippen LogP contribution in [0, 0.1) is 11.8 Å². The highest BCUT2D eigenvalue weighted by Gasteiger charge is 2.18. The lowest BCUT2D eigenvalue weighted by molar-refractivity contribution is -0.131. The zero-order valence-electron chi connectivity index (χ0n) is 8.91. The topological polar surface area (TPSA) is 37.3 Å². The summed E-state index contributed by atoms with van der Waals surface area (Å²) in [6, 6.07) is 0. The van der Waals surface area contributed by atoms with Crippen molar-refractivity contribution in [2.75, 3.05) is 0 Å². The van der Waals surface area contributed by atoms with Crippen molar-refractivity contribution >= 4 is 5.97 Å². The third kappa shape index (κ3) is 3.95. The second-order valence-electron chi connectivity index (χ2n) is 4.35. The monoisotopic (exact) mass is 196 g/mol. The molecule has 1 atom stereocenters. The number of hydrogen-bond acceptors (Lipinski definition) is 1. The van der Waals surface area contributed by atoms with Crippen molar-refractivity contribution in [3.05, 3.63) is 12.2 Å². The molecular formula is C12H20O2. The molecule has 1 saturated carbocycles. The predicted octanol–water partition coefficient (Wildman–Crippen LogP) is 3.23. The summed E-state index contributed by atoms with van der Waals surface area (Å²) < 4.78 is 0. The number of carboxylic acids is 1. The molecule has 14 heavy (non-hydrogen) atoms. The third-order valence-corrected chi connectivity index (χ3v) is 3.22. The minimum atomic E-state index is -0.833. The number of allylic oxidation sites excluding steroid dienone is 1. The highest BCUT2D eigenvalue weighted by molar-refractivity contribution is 5.79. The summed E-state index contributed by atoms with van der Waals surface area (Å²) in [5, 5.41) is 8.45. The maximum Gasteiger partial charge on any atom is 0.327 e. The summed E-state index contributed by atoms with van der Waals surface area (Å²) in [6.07, 6.45) is 10.7. The van der Waals surface area contributed by atoms with E-state index in [9.17, 15) is 4.79 Å². The molecule has 0 aromatic rings. The molecule has 2 nitrogen and oxygen atoms in total. The van der Waals surface area contributed by atoms with Gasteiger partial charge in [-0.1, -0.05) is 45.1 Å². The largest absolute Gasteiger partial charge is 0.478 e. The van der Waals surface area contributed by atoms with Crippen LogP contribution >= 0.6 is 0 Å². The Morgan fingerprint density at radius 1 is 1.43 bits per heavy atom. The maximum atomic E-state index is 10.3. The summed E-state index contributed by atoms with van der Waals surface area (Å²) in [6.45, 7) is 2.24. The highest BCUT2D eigenvalue weighted by Crippen LogP contribution is 2.31. The lowest BCUT2D eigenvalue weighted by Crippen LogP contribution is -2.14. The number of carboxylic acid groups (broad SMARTS) is 1. The Hall–Kier alpha value is -0.790. The molecule has 1 fully saturated rings. The van der Waals surface area contributed by atoms with Gasteiger partial charge >= 0.3 is 5.97 Å². The van der Waals surface area contributed by atoms with Gasteiger partial charge in [0, 0.05) is 6.08 Å². The Balaban J connectivity index is 2.25. The van der Waals surface area contributed by atoms with Gasteiger partial charge in [-0.05, 0) is 18.3 Å². The van der Waals surface area contributed by atoms with Gasteiger partial charge in [-0.3, -0.25) is 0 Å². The van der Waals surface area contributed by atoms with Crippen LogP contribution in [-0.2, 0) is 4.79 Å². The van der Waals surface area contributed by atoms with Crippen molar-refractivity contribution in [2.24, 2.45) is 11.8 Å². The Morgan fingerprint density at radius 2 is 2.07 bits per heavy atom. The van der Waals surface area contributed by atoms with Crippen LogP contribution in [0.4, 0.5) is 0 Å². The molecule has 0 heterocycles. The summed E-state index contributed by atoms with van der Waals surface area (Å²) in [5.74, 6) is 0.633. The minimum Gasteiger partial charge on any atom is -0.478 e. The molecule has 0 amide bonds. The standard InChI is InChI=1S/C12H20O2/c1-10(6-5-9-12(13)14)11-7-3-2-4-8-11/h5,9-11H,2-4,6-8H2,1H3,(H,13,14)/t10-/m1/s1. The van der Waals surface area contributed by atoms with E-state index < -0.39 is 5.97 Å². The fraction of sp³-hybridized carbons (Fsp3) is 0.750. The van der Waals surface area contributed by atoms with Gasteiger partial charge in [-0.25, -0.2) is 4.79 Å².